The van der Waals surface area contributed by atoms with Crippen LogP contribution in [0, 0.1) is 5.92 Å². The molecule has 0 saturated heterocycles. The lowest BCUT2D eigenvalue weighted by Crippen LogP contribution is -2.30. The Balaban J connectivity index is 1.79. The highest BCUT2D eigenvalue weighted by molar-refractivity contribution is 9.09. The van der Waals surface area contributed by atoms with E-state index in [1.54, 1.807) is 11.8 Å². The van der Waals surface area contributed by atoms with Gasteiger partial charge in [-0.3, -0.25) is 4.79 Å². The Kier molecular flexibility index (Phi) is 5.76. The summed E-state index contributed by atoms with van der Waals surface area (Å²) >= 11 is 5.26. The number of fused-ring (bicyclic) bond motifs is 1. The van der Waals surface area contributed by atoms with Crippen molar-refractivity contribution in [1.29, 1.82) is 0 Å². The Hall–Kier alpha value is -0.480. The molecule has 1 aliphatic rings. The summed E-state index contributed by atoms with van der Waals surface area (Å²) in [5.41, 5.74) is 1.19. The number of halogens is 1. The fraction of sp³-hybridized carbons (Fsp3) is 0.533. The molecule has 2 rings (SSSR count). The van der Waals surface area contributed by atoms with Crippen LogP contribution in [-0.2, 0) is 4.79 Å². The normalized spacial score (nSPS) is 18.9. The second-order valence-electron chi connectivity index (χ2n) is 5.09. The van der Waals surface area contributed by atoms with Crippen molar-refractivity contribution < 1.29 is 4.79 Å². The third kappa shape index (κ3) is 3.99. The van der Waals surface area contributed by atoms with Crippen molar-refractivity contribution >= 4 is 33.6 Å². The van der Waals surface area contributed by atoms with E-state index >= 15 is 0 Å². The predicted octanol–water partition coefficient (Wildman–Crippen LogP) is 3.80. The maximum Gasteiger partial charge on any atom is 0.228 e. The molecule has 0 spiro atoms. The van der Waals surface area contributed by atoms with Crippen molar-refractivity contribution in [3.63, 3.8) is 0 Å². The molecule has 1 heterocycles. The third-order valence-electron chi connectivity index (χ3n) is 3.45. The van der Waals surface area contributed by atoms with E-state index in [0.29, 0.717) is 5.92 Å². The van der Waals surface area contributed by atoms with Crippen LogP contribution in [0.25, 0.3) is 0 Å². The highest BCUT2D eigenvalue weighted by Gasteiger charge is 2.28. The van der Waals surface area contributed by atoms with Gasteiger partial charge in [-0.25, -0.2) is 0 Å². The van der Waals surface area contributed by atoms with Crippen molar-refractivity contribution in [1.82, 2.24) is 5.32 Å². The summed E-state index contributed by atoms with van der Waals surface area (Å²) in [6, 6.07) is 8.23. The third-order valence-corrected chi connectivity index (χ3v) is 5.74. The summed E-state index contributed by atoms with van der Waals surface area (Å²) < 4.78 is 0. The van der Waals surface area contributed by atoms with Crippen molar-refractivity contribution in [2.24, 2.45) is 5.92 Å². The van der Waals surface area contributed by atoms with E-state index in [-0.39, 0.29) is 11.8 Å². The van der Waals surface area contributed by atoms with E-state index in [0.717, 1.165) is 30.5 Å². The minimum absolute atomic E-state index is 0.0369. The number of hydrogen-bond donors (Lipinski definition) is 1. The van der Waals surface area contributed by atoms with Crippen LogP contribution in [0.15, 0.2) is 29.2 Å². The number of carbonyl (C=O) groups excluding carboxylic acids is 1. The first-order chi connectivity index (χ1) is 9.22. The van der Waals surface area contributed by atoms with Crippen LogP contribution >= 0.6 is 27.7 Å². The summed E-state index contributed by atoms with van der Waals surface area (Å²) in [5, 5.41) is 4.11. The Morgan fingerprint density at radius 3 is 3.11 bits per heavy atom. The molecule has 2 atom stereocenters. The first-order valence-electron chi connectivity index (χ1n) is 6.77. The van der Waals surface area contributed by atoms with E-state index in [2.05, 4.69) is 40.3 Å². The van der Waals surface area contributed by atoms with Gasteiger partial charge >= 0.3 is 0 Å². The molecule has 0 aliphatic carbocycles. The van der Waals surface area contributed by atoms with Gasteiger partial charge in [0.05, 0.1) is 5.92 Å². The molecular weight excluding hydrogens is 322 g/mol. The summed E-state index contributed by atoms with van der Waals surface area (Å²) in [4.78, 5) is 13.4. The lowest BCUT2D eigenvalue weighted by molar-refractivity contribution is -0.122. The molecule has 0 aromatic heterocycles. The fourth-order valence-corrected chi connectivity index (χ4v) is 3.79. The topological polar surface area (TPSA) is 29.1 Å². The lowest BCUT2D eigenvalue weighted by atomic mass is 10.0. The van der Waals surface area contributed by atoms with E-state index < -0.39 is 0 Å². The van der Waals surface area contributed by atoms with Crippen LogP contribution in [0.3, 0.4) is 0 Å². The lowest BCUT2D eigenvalue weighted by Gasteiger charge is -2.12. The smallest absolute Gasteiger partial charge is 0.228 e. The van der Waals surface area contributed by atoms with Gasteiger partial charge < -0.3 is 5.32 Å². The second-order valence-corrected chi connectivity index (χ2v) is 6.80. The van der Waals surface area contributed by atoms with Crippen LogP contribution in [0.5, 0.6) is 0 Å². The van der Waals surface area contributed by atoms with Crippen molar-refractivity contribution in [3.05, 3.63) is 29.8 Å². The molecule has 0 fully saturated rings. The standard InChI is InChI=1S/C15H20BrNOS/c1-11(9-16)5-4-8-17-15(18)13-10-19-14-7-3-2-6-12(13)14/h2-3,6-7,11,13H,4-5,8-10H2,1H3,(H,17,18). The fourth-order valence-electron chi connectivity index (χ4n) is 2.24. The Bertz CT molecular complexity index is 438. The maximum absolute atomic E-state index is 12.2. The summed E-state index contributed by atoms with van der Waals surface area (Å²) in [6.07, 6.45) is 2.21. The van der Waals surface area contributed by atoms with Gasteiger partial charge in [-0.1, -0.05) is 41.1 Å². The molecule has 0 bridgehead atoms. The van der Waals surface area contributed by atoms with Gasteiger partial charge in [0.25, 0.3) is 0 Å². The van der Waals surface area contributed by atoms with Gasteiger partial charge in [-0.2, -0.15) is 0 Å². The van der Waals surface area contributed by atoms with Gasteiger partial charge in [0.15, 0.2) is 0 Å². The highest BCUT2D eigenvalue weighted by Crippen LogP contribution is 2.39. The number of alkyl halides is 1. The number of nitrogens with one attached hydrogen (secondary N) is 1. The van der Waals surface area contributed by atoms with Crippen LogP contribution in [0.1, 0.15) is 31.2 Å². The number of benzene rings is 1. The molecule has 4 heteroatoms. The SMILES string of the molecule is CC(CBr)CCCNC(=O)C1CSc2ccccc21. The number of hydrogen-bond acceptors (Lipinski definition) is 2. The van der Waals surface area contributed by atoms with Crippen LogP contribution < -0.4 is 5.32 Å². The average Bonchev–Trinajstić information content (AvgIpc) is 2.87. The molecule has 1 amide bonds. The Morgan fingerprint density at radius 2 is 2.32 bits per heavy atom. The van der Waals surface area contributed by atoms with Crippen molar-refractivity contribution in [2.45, 2.75) is 30.6 Å². The number of carbonyl (C=O) groups is 1. The van der Waals surface area contributed by atoms with Crippen LogP contribution in [0.4, 0.5) is 0 Å². The Morgan fingerprint density at radius 1 is 1.53 bits per heavy atom. The van der Waals surface area contributed by atoms with E-state index in [1.165, 1.54) is 10.5 Å². The molecule has 104 valence electrons. The zero-order chi connectivity index (χ0) is 13.7. The molecule has 1 aliphatic heterocycles. The first-order valence-corrected chi connectivity index (χ1v) is 8.88. The molecule has 2 unspecified atom stereocenters. The minimum atomic E-state index is 0.0369. The summed E-state index contributed by atoms with van der Waals surface area (Å²) in [7, 11) is 0. The van der Waals surface area contributed by atoms with Crippen molar-refractivity contribution in [2.75, 3.05) is 17.6 Å². The van der Waals surface area contributed by atoms with Gasteiger partial charge in [-0.15, -0.1) is 11.8 Å². The van der Waals surface area contributed by atoms with E-state index in [9.17, 15) is 4.79 Å². The molecule has 2 nitrogen and oxygen atoms in total. The van der Waals surface area contributed by atoms with Gasteiger partial charge in [0.1, 0.15) is 0 Å². The second kappa shape index (κ2) is 7.34. The van der Waals surface area contributed by atoms with Crippen LogP contribution in [0.2, 0.25) is 0 Å². The maximum atomic E-state index is 12.2. The van der Waals surface area contributed by atoms with Crippen LogP contribution in [-0.4, -0.2) is 23.5 Å². The molecule has 0 radical (unpaired) electrons. The molecule has 1 N–H and O–H groups in total. The highest BCUT2D eigenvalue weighted by atomic mass is 79.9. The number of rotatable bonds is 6. The average molecular weight is 342 g/mol. The first kappa shape index (κ1) is 14.9. The molecule has 1 aromatic rings. The van der Waals surface area contributed by atoms with Gasteiger partial charge in [0.2, 0.25) is 5.91 Å². The molecule has 19 heavy (non-hydrogen) atoms. The summed E-state index contributed by atoms with van der Waals surface area (Å²) in [6.45, 7) is 3.01. The zero-order valence-corrected chi connectivity index (χ0v) is 13.6. The summed E-state index contributed by atoms with van der Waals surface area (Å²) in [5.74, 6) is 1.78. The number of amides is 1. The molecular formula is C15H20BrNOS. The predicted molar refractivity (Wildman–Crippen MR) is 85.1 cm³/mol. The van der Waals surface area contributed by atoms with E-state index in [1.807, 2.05) is 12.1 Å². The molecule has 1 aromatic carbocycles. The van der Waals surface area contributed by atoms with Gasteiger partial charge in [-0.05, 0) is 30.4 Å². The monoisotopic (exact) mass is 341 g/mol. The van der Waals surface area contributed by atoms with E-state index in [4.69, 9.17) is 0 Å². The Labute approximate surface area is 127 Å². The zero-order valence-electron chi connectivity index (χ0n) is 11.2. The van der Waals surface area contributed by atoms with Crippen molar-refractivity contribution in [3.8, 4) is 0 Å². The largest absolute Gasteiger partial charge is 0.356 e. The van der Waals surface area contributed by atoms with Gasteiger partial charge in [0, 0.05) is 22.5 Å². The molecule has 0 saturated carbocycles. The minimum Gasteiger partial charge on any atom is -0.356 e. The number of thioether (sulfide) groups is 1. The quantitative estimate of drug-likeness (QED) is 0.629.